The van der Waals surface area contributed by atoms with Crippen molar-refractivity contribution in [1.82, 2.24) is 15.0 Å². The molecular formula is C63H75CuN7O3P2. The molecule has 10 nitrogen and oxygen atoms in total. The first-order valence-electron chi connectivity index (χ1n) is 25.9. The van der Waals surface area contributed by atoms with Gasteiger partial charge in [-0.25, -0.2) is 0 Å². The Balaban J connectivity index is 0.000000327. The number of unbranched alkanes of at least 4 members (excludes halogenated alkanes) is 10. The molecule has 401 valence electrons. The van der Waals surface area contributed by atoms with Gasteiger partial charge >= 0.3 is 0 Å². The number of nitrogens with zero attached hydrogens (tertiary/aromatic N) is 7. The van der Waals surface area contributed by atoms with Gasteiger partial charge < -0.3 is 5.21 Å². The zero-order valence-corrected chi connectivity index (χ0v) is 47.1. The van der Waals surface area contributed by atoms with Crippen molar-refractivity contribution >= 4 is 47.7 Å². The van der Waals surface area contributed by atoms with Crippen LogP contribution in [-0.2, 0) is 23.6 Å². The molecule has 0 atom stereocenters. The van der Waals surface area contributed by atoms with Crippen LogP contribution in [0.4, 0.5) is 0 Å². The molecule has 0 unspecified atom stereocenters. The van der Waals surface area contributed by atoms with Gasteiger partial charge in [-0.1, -0.05) is 294 Å². The molecule has 8 aromatic rings. The molecule has 0 spiro atoms. The molecule has 0 bridgehead atoms. The quantitative estimate of drug-likeness (QED) is 0.00930. The third-order valence-electron chi connectivity index (χ3n) is 11.1. The van der Waals surface area contributed by atoms with Crippen LogP contribution in [0.15, 0.2) is 224 Å². The smallest absolute Gasteiger partial charge is 0.291 e. The molecule has 8 rings (SSSR count). The van der Waals surface area contributed by atoms with E-state index in [1.54, 1.807) is 0 Å². The van der Waals surface area contributed by atoms with Crippen molar-refractivity contribution in [3.05, 3.63) is 250 Å². The molecule has 0 saturated carbocycles. The first-order chi connectivity index (χ1) is 36.8. The van der Waals surface area contributed by atoms with Crippen LogP contribution in [0.1, 0.15) is 102 Å². The van der Waals surface area contributed by atoms with Crippen LogP contribution in [-0.4, -0.2) is 31.8 Å². The second kappa shape index (κ2) is 43.4. The van der Waals surface area contributed by atoms with Gasteiger partial charge in [-0.3, -0.25) is 4.68 Å². The van der Waals surface area contributed by atoms with Crippen LogP contribution in [0, 0.1) is 29.4 Å². The Hall–Kier alpha value is -6.87. The fourth-order valence-electron chi connectivity index (χ4n) is 7.46. The molecule has 1 radical (unpaired) electrons. The van der Waals surface area contributed by atoms with E-state index in [1.807, 2.05) is 48.1 Å². The molecule has 7 aromatic carbocycles. The Morgan fingerprint density at radius 2 is 0.842 bits per heavy atom. The van der Waals surface area contributed by atoms with E-state index in [1.165, 1.54) is 102 Å². The summed E-state index contributed by atoms with van der Waals surface area (Å²) < 4.78 is 1.94. The molecule has 76 heavy (non-hydrogen) atoms. The molecule has 0 aliphatic carbocycles. The zero-order valence-electron chi connectivity index (χ0n) is 44.4. The van der Waals surface area contributed by atoms with Crippen molar-refractivity contribution in [2.45, 2.75) is 104 Å². The molecule has 1 heterocycles. The van der Waals surface area contributed by atoms with E-state index >= 15 is 0 Å². The summed E-state index contributed by atoms with van der Waals surface area (Å²) in [5.74, 6) is 2.53. The minimum atomic E-state index is -1.50. The standard InChI is InChI=1S/2C18H15P.C11H21N3.C8H17N3.C8H6.Cu.HNO3/c2*1-4-10-16(11-5-1)19(17-12-6-2-7-13-17)18-14-8-3-9-15-18;1-3-4-5-6-7-8-9-14-10-11(2)12-13-14;1-2-3-4-5-6-7-8-10-11-9;1-2-8-6-4-3-5-7-8;;2-1(3)4/h2*1-15H;10H,3-9H2,1-2H3;2-8H2,1H3;1,3-7H;;(H,2,3,4). The zero-order chi connectivity index (χ0) is 53.8. The van der Waals surface area contributed by atoms with Crippen molar-refractivity contribution in [2.24, 2.45) is 5.11 Å². The number of rotatable bonds is 20. The van der Waals surface area contributed by atoms with Gasteiger partial charge in [0.2, 0.25) is 0 Å². The average molecular weight is 1100 g/mol. The van der Waals surface area contributed by atoms with E-state index in [4.69, 9.17) is 27.3 Å². The molecule has 1 aromatic heterocycles. The van der Waals surface area contributed by atoms with Gasteiger partial charge in [0.25, 0.3) is 5.09 Å². The normalized spacial score (nSPS) is 9.74. The maximum atomic E-state index is 8.36. The fraction of sp³-hybridized carbons (Fsp3) is 0.270. The Labute approximate surface area is 466 Å². The topological polar surface area (TPSA) is 143 Å². The summed E-state index contributed by atoms with van der Waals surface area (Å²) in [5.41, 5.74) is 9.91. The summed E-state index contributed by atoms with van der Waals surface area (Å²) in [6.07, 6.45) is 22.6. The number of terminal acetylenes is 1. The Morgan fingerprint density at radius 1 is 0.553 bits per heavy atom. The summed E-state index contributed by atoms with van der Waals surface area (Å²) >= 11 is 0. The van der Waals surface area contributed by atoms with Crippen LogP contribution in [0.5, 0.6) is 0 Å². The van der Waals surface area contributed by atoms with Gasteiger partial charge in [0.1, 0.15) is 0 Å². The predicted octanol–water partition coefficient (Wildman–Crippen LogP) is 14.8. The third kappa shape index (κ3) is 29.3. The minimum absolute atomic E-state index is 0. The molecule has 1 N–H and O–H groups in total. The van der Waals surface area contributed by atoms with Gasteiger partial charge in [-0.2, -0.15) is 0 Å². The van der Waals surface area contributed by atoms with Crippen LogP contribution < -0.4 is 31.8 Å². The van der Waals surface area contributed by atoms with Gasteiger partial charge in [0, 0.05) is 46.8 Å². The van der Waals surface area contributed by atoms with Crippen LogP contribution >= 0.6 is 15.8 Å². The first kappa shape index (κ1) is 65.2. The first-order valence-corrected chi connectivity index (χ1v) is 28.6. The number of aromatic nitrogens is 3. The van der Waals surface area contributed by atoms with Crippen LogP contribution in [0.25, 0.3) is 10.4 Å². The predicted molar refractivity (Wildman–Crippen MR) is 319 cm³/mol. The number of hydrogen-bond acceptors (Lipinski definition) is 5. The monoisotopic (exact) mass is 1100 g/mol. The number of azide groups is 1. The second-order valence-corrected chi connectivity index (χ2v) is 21.5. The van der Waals surface area contributed by atoms with Crippen LogP contribution in [0.3, 0.4) is 0 Å². The molecule has 13 heteroatoms. The summed E-state index contributed by atoms with van der Waals surface area (Å²) in [7, 11) is -0.892. The Bertz CT molecular complexity index is 2410. The van der Waals surface area contributed by atoms with Gasteiger partial charge in [-0.05, 0) is 85.1 Å². The molecule has 0 amide bonds. The van der Waals surface area contributed by atoms with E-state index in [9.17, 15) is 0 Å². The Kier molecular flexibility index (Phi) is 37.2. The van der Waals surface area contributed by atoms with Crippen molar-refractivity contribution in [3.63, 3.8) is 0 Å². The minimum Gasteiger partial charge on any atom is -0.328 e. The van der Waals surface area contributed by atoms with Crippen LogP contribution in [0.2, 0.25) is 0 Å². The number of hydrogen-bond donors (Lipinski definition) is 1. The second-order valence-electron chi connectivity index (χ2n) is 17.0. The van der Waals surface area contributed by atoms with Crippen molar-refractivity contribution in [3.8, 4) is 12.3 Å². The summed E-state index contributed by atoms with van der Waals surface area (Å²) in [5, 5.41) is 33.5. The third-order valence-corrected chi connectivity index (χ3v) is 16.0. The maximum absolute atomic E-state index is 8.36. The maximum Gasteiger partial charge on any atom is 0.291 e. The van der Waals surface area contributed by atoms with Gasteiger partial charge in [-0.15, -0.1) is 21.6 Å². The molecule has 0 aliphatic heterocycles. The Morgan fingerprint density at radius 3 is 1.11 bits per heavy atom. The van der Waals surface area contributed by atoms with E-state index < -0.39 is 20.9 Å². The van der Waals surface area contributed by atoms with E-state index in [0.29, 0.717) is 6.54 Å². The average Bonchev–Trinajstić information content (AvgIpc) is 3.88. The number of benzene rings is 7. The van der Waals surface area contributed by atoms with Crippen molar-refractivity contribution < 1.29 is 27.4 Å². The fourth-order valence-corrected chi connectivity index (χ4v) is 12.1. The van der Waals surface area contributed by atoms with Gasteiger partial charge in [0.15, 0.2) is 0 Å². The van der Waals surface area contributed by atoms with E-state index in [0.717, 1.165) is 24.2 Å². The molecule has 0 aliphatic rings. The SMILES string of the molecule is C#Cc1ccccc1.CCCCCCCCN=[N+]=[N-].CCCCCCCCn1cc(C)nn1.O=[N+]([O-])O.[Cu].c1ccc(P(c2ccccc2)c2ccccc2)cc1.c1ccc(P(c2ccccc2)c2ccccc2)cc1. The number of aryl methyl sites for hydroxylation is 2. The summed E-state index contributed by atoms with van der Waals surface area (Å²) in [4.78, 5) is 11.1. The molecule has 0 saturated heterocycles. The summed E-state index contributed by atoms with van der Waals surface area (Å²) in [6.45, 7) is 8.12. The van der Waals surface area contributed by atoms with E-state index in [-0.39, 0.29) is 17.1 Å². The molecular weight excluding hydrogens is 1030 g/mol. The van der Waals surface area contributed by atoms with Crippen molar-refractivity contribution in [2.75, 3.05) is 6.54 Å². The van der Waals surface area contributed by atoms with Gasteiger partial charge in [0.05, 0.1) is 5.69 Å². The van der Waals surface area contributed by atoms with E-state index in [2.05, 4.69) is 222 Å². The largest absolute Gasteiger partial charge is 0.328 e. The summed E-state index contributed by atoms with van der Waals surface area (Å²) in [6, 6.07) is 74.3. The molecule has 0 fully saturated rings. The van der Waals surface area contributed by atoms with Crippen molar-refractivity contribution in [1.29, 1.82) is 0 Å².